The number of hydrogen-bond acceptors (Lipinski definition) is 4. The van der Waals surface area contributed by atoms with E-state index in [1.54, 1.807) is 23.1 Å². The Labute approximate surface area is 152 Å². The summed E-state index contributed by atoms with van der Waals surface area (Å²) in [6.07, 6.45) is 2.94. The lowest BCUT2D eigenvalue weighted by atomic mass is 10.1. The molecule has 2 aromatic rings. The van der Waals surface area contributed by atoms with Crippen LogP contribution < -0.4 is 4.90 Å². The molecule has 0 atom stereocenters. The number of benzene rings is 2. The fraction of sp³-hybridized carbons (Fsp3) is 0.250. The van der Waals surface area contributed by atoms with Crippen LogP contribution in [-0.2, 0) is 4.79 Å². The molecule has 134 valence electrons. The molecule has 1 aliphatic rings. The molecule has 26 heavy (non-hydrogen) atoms. The second-order valence-corrected chi connectivity index (χ2v) is 6.30. The lowest BCUT2D eigenvalue weighted by Gasteiger charge is -2.35. The quantitative estimate of drug-likeness (QED) is 0.482. The van der Waals surface area contributed by atoms with Crippen molar-refractivity contribution in [3.63, 3.8) is 0 Å². The first-order chi connectivity index (χ1) is 12.5. The van der Waals surface area contributed by atoms with E-state index < -0.39 is 4.92 Å². The fourth-order valence-corrected chi connectivity index (χ4v) is 3.07. The number of nitro benzene ring substituents is 1. The highest BCUT2D eigenvalue weighted by Gasteiger charge is 2.20. The van der Waals surface area contributed by atoms with E-state index in [-0.39, 0.29) is 11.6 Å². The molecule has 0 bridgehead atoms. The van der Waals surface area contributed by atoms with Crippen LogP contribution in [0.3, 0.4) is 0 Å². The van der Waals surface area contributed by atoms with Crippen molar-refractivity contribution in [1.29, 1.82) is 0 Å². The molecule has 0 aromatic heterocycles. The van der Waals surface area contributed by atoms with Crippen molar-refractivity contribution in [2.24, 2.45) is 0 Å². The number of nitro groups is 1. The van der Waals surface area contributed by atoms with Gasteiger partial charge in [-0.15, -0.1) is 0 Å². The number of rotatable bonds is 4. The predicted molar refractivity (Wildman–Crippen MR) is 102 cm³/mol. The number of carbonyl (C=O) groups excluding carboxylic acids is 1. The molecule has 0 unspecified atom stereocenters. The largest absolute Gasteiger partial charge is 0.368 e. The molecule has 0 aliphatic carbocycles. The van der Waals surface area contributed by atoms with E-state index in [4.69, 9.17) is 0 Å². The molecule has 3 rings (SSSR count). The van der Waals surface area contributed by atoms with E-state index in [0.29, 0.717) is 18.7 Å². The summed E-state index contributed by atoms with van der Waals surface area (Å²) in [4.78, 5) is 27.0. The van der Waals surface area contributed by atoms with Crippen molar-refractivity contribution in [2.45, 2.75) is 6.92 Å². The number of para-hydroxylation sites is 1. The van der Waals surface area contributed by atoms with Crippen molar-refractivity contribution in [2.75, 3.05) is 31.1 Å². The Kier molecular flexibility index (Phi) is 5.31. The van der Waals surface area contributed by atoms with Crippen LogP contribution in [0.15, 0.2) is 54.6 Å². The predicted octanol–water partition coefficient (Wildman–Crippen LogP) is 3.27. The van der Waals surface area contributed by atoms with Gasteiger partial charge in [0.1, 0.15) is 0 Å². The van der Waals surface area contributed by atoms with Crippen LogP contribution in [-0.4, -0.2) is 41.9 Å². The molecule has 0 spiro atoms. The molecule has 2 aromatic carbocycles. The summed E-state index contributed by atoms with van der Waals surface area (Å²) in [6.45, 7) is 4.88. The number of nitrogens with zero attached hydrogens (tertiary/aromatic N) is 3. The average molecular weight is 351 g/mol. The van der Waals surface area contributed by atoms with Crippen molar-refractivity contribution >= 4 is 23.4 Å². The third-order valence-corrected chi connectivity index (χ3v) is 4.50. The minimum Gasteiger partial charge on any atom is -0.368 e. The molecular formula is C20H21N3O3. The Morgan fingerprint density at radius 2 is 1.81 bits per heavy atom. The van der Waals surface area contributed by atoms with E-state index in [2.05, 4.69) is 30.0 Å². The van der Waals surface area contributed by atoms with Gasteiger partial charge in [-0.1, -0.05) is 24.3 Å². The van der Waals surface area contributed by atoms with Gasteiger partial charge in [-0.2, -0.15) is 0 Å². The molecule has 0 saturated carbocycles. The van der Waals surface area contributed by atoms with E-state index in [0.717, 1.165) is 13.1 Å². The Morgan fingerprint density at radius 1 is 1.08 bits per heavy atom. The molecule has 6 heteroatoms. The number of piperazine rings is 1. The smallest absolute Gasteiger partial charge is 0.276 e. The summed E-state index contributed by atoms with van der Waals surface area (Å²) in [5, 5.41) is 11.0. The Bertz CT molecular complexity index is 840. The zero-order chi connectivity index (χ0) is 18.5. The number of hydrogen-bond donors (Lipinski definition) is 0. The van der Waals surface area contributed by atoms with Crippen molar-refractivity contribution in [1.82, 2.24) is 4.90 Å². The van der Waals surface area contributed by atoms with Crippen LogP contribution in [0.25, 0.3) is 6.08 Å². The van der Waals surface area contributed by atoms with Gasteiger partial charge < -0.3 is 9.80 Å². The lowest BCUT2D eigenvalue weighted by Crippen LogP contribution is -2.48. The molecule has 6 nitrogen and oxygen atoms in total. The summed E-state index contributed by atoms with van der Waals surface area (Å²) in [5.41, 5.74) is 2.83. The highest BCUT2D eigenvalue weighted by atomic mass is 16.6. The van der Waals surface area contributed by atoms with Gasteiger partial charge in [0.05, 0.1) is 10.5 Å². The molecule has 1 saturated heterocycles. The maximum Gasteiger partial charge on any atom is 0.276 e. The zero-order valence-electron chi connectivity index (χ0n) is 14.7. The van der Waals surface area contributed by atoms with Gasteiger partial charge in [0.25, 0.3) is 5.69 Å². The van der Waals surface area contributed by atoms with Gasteiger partial charge in [-0.25, -0.2) is 0 Å². The lowest BCUT2D eigenvalue weighted by molar-refractivity contribution is -0.385. The molecule has 0 radical (unpaired) electrons. The van der Waals surface area contributed by atoms with E-state index in [9.17, 15) is 14.9 Å². The van der Waals surface area contributed by atoms with Crippen molar-refractivity contribution in [3.05, 3.63) is 75.8 Å². The SMILES string of the molecule is Cc1cccc(N2CCN(C(=O)/C=C/c3ccccc3[N+](=O)[O-])CC2)c1. The molecule has 1 heterocycles. The number of anilines is 1. The first kappa shape index (κ1) is 17.7. The summed E-state index contributed by atoms with van der Waals surface area (Å²) < 4.78 is 0. The summed E-state index contributed by atoms with van der Waals surface area (Å²) >= 11 is 0. The van der Waals surface area contributed by atoms with Crippen LogP contribution in [0.2, 0.25) is 0 Å². The van der Waals surface area contributed by atoms with Crippen molar-refractivity contribution in [3.8, 4) is 0 Å². The number of carbonyl (C=O) groups is 1. The summed E-state index contributed by atoms with van der Waals surface area (Å²) in [7, 11) is 0. The zero-order valence-corrected chi connectivity index (χ0v) is 14.7. The van der Waals surface area contributed by atoms with Crippen LogP contribution in [0.4, 0.5) is 11.4 Å². The van der Waals surface area contributed by atoms with Crippen LogP contribution in [0.1, 0.15) is 11.1 Å². The topological polar surface area (TPSA) is 66.7 Å². The molecule has 1 fully saturated rings. The monoisotopic (exact) mass is 351 g/mol. The molecule has 1 amide bonds. The molecule has 1 aliphatic heterocycles. The van der Waals surface area contributed by atoms with Gasteiger partial charge in [-0.3, -0.25) is 14.9 Å². The van der Waals surface area contributed by atoms with Crippen molar-refractivity contribution < 1.29 is 9.72 Å². The Hall–Kier alpha value is -3.15. The highest BCUT2D eigenvalue weighted by Crippen LogP contribution is 2.20. The third-order valence-electron chi connectivity index (χ3n) is 4.50. The number of aryl methyl sites for hydroxylation is 1. The first-order valence-corrected chi connectivity index (χ1v) is 8.56. The summed E-state index contributed by atoms with van der Waals surface area (Å²) in [6, 6.07) is 14.7. The van der Waals surface area contributed by atoms with Crippen LogP contribution in [0.5, 0.6) is 0 Å². The standard InChI is InChI=1S/C20H21N3O3/c1-16-5-4-7-18(15-16)21-11-13-22(14-12-21)20(24)10-9-17-6-2-3-8-19(17)23(25)26/h2-10,15H,11-14H2,1H3/b10-9+. The van der Waals surface area contributed by atoms with Crippen LogP contribution >= 0.6 is 0 Å². The number of amides is 1. The van der Waals surface area contributed by atoms with E-state index >= 15 is 0 Å². The highest BCUT2D eigenvalue weighted by molar-refractivity contribution is 5.92. The second-order valence-electron chi connectivity index (χ2n) is 6.30. The molecular weight excluding hydrogens is 330 g/mol. The van der Waals surface area contributed by atoms with Gasteiger partial charge in [0.2, 0.25) is 5.91 Å². The normalized spacial score (nSPS) is 14.7. The van der Waals surface area contributed by atoms with Gasteiger partial charge in [0.15, 0.2) is 0 Å². The third kappa shape index (κ3) is 4.08. The molecule has 0 N–H and O–H groups in total. The average Bonchev–Trinajstić information content (AvgIpc) is 2.66. The maximum absolute atomic E-state index is 12.4. The van der Waals surface area contributed by atoms with E-state index in [1.165, 1.54) is 29.5 Å². The summed E-state index contributed by atoms with van der Waals surface area (Å²) in [5.74, 6) is -0.118. The second kappa shape index (κ2) is 7.82. The minimum atomic E-state index is -0.440. The Balaban J connectivity index is 1.61. The Morgan fingerprint density at radius 3 is 2.50 bits per heavy atom. The fourth-order valence-electron chi connectivity index (χ4n) is 3.07. The maximum atomic E-state index is 12.4. The van der Waals surface area contributed by atoms with Gasteiger partial charge >= 0.3 is 0 Å². The van der Waals surface area contributed by atoms with Crippen LogP contribution in [0, 0.1) is 17.0 Å². The minimum absolute atomic E-state index is 0.000756. The first-order valence-electron chi connectivity index (χ1n) is 8.56. The van der Waals surface area contributed by atoms with E-state index in [1.807, 2.05) is 6.07 Å². The van der Waals surface area contributed by atoms with Gasteiger partial charge in [-0.05, 0) is 36.8 Å². The van der Waals surface area contributed by atoms with Gasteiger partial charge in [0, 0.05) is 44.0 Å².